The summed E-state index contributed by atoms with van der Waals surface area (Å²) in [5.41, 5.74) is 0. The lowest BCUT2D eigenvalue weighted by molar-refractivity contribution is 0.232. The molecule has 0 saturated heterocycles. The molecule has 0 spiro atoms. The molecular weight excluding hydrogens is 176 g/mol. The summed E-state index contributed by atoms with van der Waals surface area (Å²) in [6, 6.07) is 1.35. The Morgan fingerprint density at radius 3 is 2.86 bits per heavy atom. The van der Waals surface area contributed by atoms with Crippen molar-refractivity contribution in [2.24, 2.45) is 16.8 Å². The van der Waals surface area contributed by atoms with Gasteiger partial charge in [-0.15, -0.1) is 0 Å². The van der Waals surface area contributed by atoms with Gasteiger partial charge in [0.1, 0.15) is 6.61 Å². The summed E-state index contributed by atoms with van der Waals surface area (Å²) in [5.74, 6) is 1.63. The molecule has 1 heterocycles. The molecule has 1 N–H and O–H groups in total. The molecule has 3 nitrogen and oxygen atoms in total. The summed E-state index contributed by atoms with van der Waals surface area (Å²) in [4.78, 5) is 4.27. The van der Waals surface area contributed by atoms with Gasteiger partial charge in [-0.2, -0.15) is 0 Å². The van der Waals surface area contributed by atoms with E-state index in [9.17, 15) is 0 Å². The van der Waals surface area contributed by atoms with E-state index in [1.54, 1.807) is 0 Å². The van der Waals surface area contributed by atoms with E-state index in [4.69, 9.17) is 4.74 Å². The van der Waals surface area contributed by atoms with E-state index in [0.29, 0.717) is 6.04 Å². The number of rotatable bonds is 1. The first kappa shape index (κ1) is 9.81. The van der Waals surface area contributed by atoms with Gasteiger partial charge in [-0.25, -0.2) is 4.99 Å². The summed E-state index contributed by atoms with van der Waals surface area (Å²) >= 11 is 0. The van der Waals surface area contributed by atoms with Crippen LogP contribution in [0, 0.1) is 11.8 Å². The van der Waals surface area contributed by atoms with E-state index in [0.717, 1.165) is 31.0 Å². The quantitative estimate of drug-likeness (QED) is 0.693. The third-order valence-electron chi connectivity index (χ3n) is 3.33. The highest BCUT2D eigenvalue weighted by Crippen LogP contribution is 2.28. The van der Waals surface area contributed by atoms with Gasteiger partial charge in [-0.1, -0.05) is 13.8 Å². The van der Waals surface area contributed by atoms with Crippen LogP contribution in [0.5, 0.6) is 0 Å². The van der Waals surface area contributed by atoms with Crippen LogP contribution in [-0.2, 0) is 4.74 Å². The molecule has 1 aliphatic heterocycles. The highest BCUT2D eigenvalue weighted by Gasteiger charge is 2.26. The molecule has 3 heteroatoms. The molecule has 0 aromatic carbocycles. The molecule has 3 atom stereocenters. The highest BCUT2D eigenvalue weighted by atomic mass is 16.5. The summed E-state index contributed by atoms with van der Waals surface area (Å²) in [7, 11) is 0. The predicted molar refractivity (Wildman–Crippen MR) is 57.4 cm³/mol. The minimum atomic E-state index is 0.572. The molecule has 1 fully saturated rings. The lowest BCUT2D eigenvalue weighted by Crippen LogP contribution is -2.42. The molecule has 2 aliphatic rings. The van der Waals surface area contributed by atoms with Crippen molar-refractivity contribution in [2.45, 2.75) is 39.2 Å². The Bertz CT molecular complexity index is 227. The SMILES string of the molecule is C[C@@H]1CC[C@H](NC2=NCCO2)[C@H](C)C1. The van der Waals surface area contributed by atoms with E-state index >= 15 is 0 Å². The van der Waals surface area contributed by atoms with E-state index in [2.05, 4.69) is 24.2 Å². The normalized spacial score (nSPS) is 37.6. The van der Waals surface area contributed by atoms with Gasteiger partial charge in [-0.05, 0) is 31.1 Å². The van der Waals surface area contributed by atoms with Gasteiger partial charge in [-0.3, -0.25) is 0 Å². The zero-order valence-electron chi connectivity index (χ0n) is 9.12. The monoisotopic (exact) mass is 196 g/mol. The third kappa shape index (κ3) is 2.20. The van der Waals surface area contributed by atoms with Crippen molar-refractivity contribution >= 4 is 6.02 Å². The fourth-order valence-corrected chi connectivity index (χ4v) is 2.46. The molecule has 0 amide bonds. The number of ether oxygens (including phenoxy) is 1. The Morgan fingerprint density at radius 2 is 2.21 bits per heavy atom. The number of amidine groups is 1. The largest absolute Gasteiger partial charge is 0.463 e. The molecule has 1 aliphatic carbocycles. The standard InChI is InChI=1S/C11H20N2O/c1-8-3-4-10(9(2)7-8)13-11-12-5-6-14-11/h8-10H,3-7H2,1-2H3,(H,12,13)/t8-,9-,10+/m1/s1. The topological polar surface area (TPSA) is 33.6 Å². The Morgan fingerprint density at radius 1 is 1.36 bits per heavy atom. The fraction of sp³-hybridized carbons (Fsp3) is 0.909. The Balaban J connectivity index is 1.85. The maximum Gasteiger partial charge on any atom is 0.285 e. The van der Waals surface area contributed by atoms with E-state index in [1.165, 1.54) is 19.3 Å². The molecule has 2 rings (SSSR count). The first-order chi connectivity index (χ1) is 6.75. The van der Waals surface area contributed by atoms with Crippen LogP contribution in [0.3, 0.4) is 0 Å². The Hall–Kier alpha value is -0.730. The summed E-state index contributed by atoms with van der Waals surface area (Å²) in [5, 5.41) is 3.42. The first-order valence-corrected chi connectivity index (χ1v) is 5.69. The van der Waals surface area contributed by atoms with Gasteiger partial charge >= 0.3 is 0 Å². The van der Waals surface area contributed by atoms with Crippen LogP contribution in [-0.4, -0.2) is 25.2 Å². The van der Waals surface area contributed by atoms with Crippen molar-refractivity contribution in [1.29, 1.82) is 0 Å². The van der Waals surface area contributed by atoms with E-state index in [1.807, 2.05) is 0 Å². The lowest BCUT2D eigenvalue weighted by atomic mass is 9.80. The van der Waals surface area contributed by atoms with Crippen LogP contribution in [0.25, 0.3) is 0 Å². The van der Waals surface area contributed by atoms with Crippen molar-refractivity contribution in [3.05, 3.63) is 0 Å². The number of aliphatic imine (C=N–C) groups is 1. The molecule has 80 valence electrons. The van der Waals surface area contributed by atoms with Crippen LogP contribution in [0.4, 0.5) is 0 Å². The number of hydrogen-bond acceptors (Lipinski definition) is 3. The van der Waals surface area contributed by atoms with Crippen LogP contribution >= 0.6 is 0 Å². The molecule has 1 saturated carbocycles. The van der Waals surface area contributed by atoms with Crippen LogP contribution in [0.2, 0.25) is 0 Å². The van der Waals surface area contributed by atoms with Crippen molar-refractivity contribution in [3.63, 3.8) is 0 Å². The van der Waals surface area contributed by atoms with Crippen molar-refractivity contribution in [1.82, 2.24) is 5.32 Å². The smallest absolute Gasteiger partial charge is 0.285 e. The maximum atomic E-state index is 5.37. The molecule has 0 aromatic heterocycles. The lowest BCUT2D eigenvalue weighted by Gasteiger charge is -2.33. The summed E-state index contributed by atoms with van der Waals surface area (Å²) < 4.78 is 5.37. The minimum absolute atomic E-state index is 0.572. The summed E-state index contributed by atoms with van der Waals surface area (Å²) in [6.07, 6.45) is 3.91. The van der Waals surface area contributed by atoms with Gasteiger partial charge in [0.05, 0.1) is 6.54 Å². The van der Waals surface area contributed by atoms with E-state index < -0.39 is 0 Å². The Kier molecular flexibility index (Phi) is 2.94. The van der Waals surface area contributed by atoms with Gasteiger partial charge in [0, 0.05) is 6.04 Å². The Labute approximate surface area is 85.9 Å². The van der Waals surface area contributed by atoms with E-state index in [-0.39, 0.29) is 0 Å². The zero-order chi connectivity index (χ0) is 9.97. The summed E-state index contributed by atoms with van der Waals surface area (Å²) in [6.45, 7) is 6.23. The zero-order valence-corrected chi connectivity index (χ0v) is 9.12. The second-order valence-corrected chi connectivity index (χ2v) is 4.68. The first-order valence-electron chi connectivity index (χ1n) is 5.69. The number of nitrogens with zero attached hydrogens (tertiary/aromatic N) is 1. The molecular formula is C11H20N2O. The van der Waals surface area contributed by atoms with Crippen LogP contribution in [0.1, 0.15) is 33.1 Å². The third-order valence-corrected chi connectivity index (χ3v) is 3.33. The van der Waals surface area contributed by atoms with Crippen molar-refractivity contribution < 1.29 is 4.74 Å². The van der Waals surface area contributed by atoms with Gasteiger partial charge in [0.15, 0.2) is 0 Å². The second kappa shape index (κ2) is 4.20. The van der Waals surface area contributed by atoms with Gasteiger partial charge in [0.2, 0.25) is 0 Å². The van der Waals surface area contributed by atoms with Crippen molar-refractivity contribution in [2.75, 3.05) is 13.2 Å². The second-order valence-electron chi connectivity index (χ2n) is 4.68. The molecule has 14 heavy (non-hydrogen) atoms. The van der Waals surface area contributed by atoms with Crippen LogP contribution < -0.4 is 5.32 Å². The van der Waals surface area contributed by atoms with Crippen molar-refractivity contribution in [3.8, 4) is 0 Å². The van der Waals surface area contributed by atoms with Gasteiger partial charge < -0.3 is 10.1 Å². The number of nitrogens with one attached hydrogen (secondary N) is 1. The molecule has 0 radical (unpaired) electrons. The average molecular weight is 196 g/mol. The minimum Gasteiger partial charge on any atom is -0.463 e. The van der Waals surface area contributed by atoms with Gasteiger partial charge in [0.25, 0.3) is 6.02 Å². The molecule has 0 unspecified atom stereocenters. The fourth-order valence-electron chi connectivity index (χ4n) is 2.46. The number of hydrogen-bond donors (Lipinski definition) is 1. The molecule has 0 aromatic rings. The predicted octanol–water partition coefficient (Wildman–Crippen LogP) is 1.79. The average Bonchev–Trinajstić information content (AvgIpc) is 2.62. The molecule has 0 bridgehead atoms. The highest BCUT2D eigenvalue weighted by molar-refractivity contribution is 5.75. The maximum absolute atomic E-state index is 5.37. The van der Waals surface area contributed by atoms with Crippen LogP contribution in [0.15, 0.2) is 4.99 Å².